The van der Waals surface area contributed by atoms with Crippen molar-refractivity contribution in [1.29, 1.82) is 0 Å². The molecule has 2 aromatic carbocycles. The summed E-state index contributed by atoms with van der Waals surface area (Å²) in [5, 5.41) is 7.46. The quantitative estimate of drug-likeness (QED) is 0.741. The first kappa shape index (κ1) is 18.4. The van der Waals surface area contributed by atoms with Crippen molar-refractivity contribution in [2.75, 3.05) is 19.0 Å². The van der Waals surface area contributed by atoms with Crippen molar-refractivity contribution < 1.29 is 27.5 Å². The number of carbonyl (C=O) groups excluding carboxylic acids is 2. The number of nitrogens with one attached hydrogen (secondary N) is 1. The Morgan fingerprint density at radius 1 is 1.12 bits per heavy atom. The summed E-state index contributed by atoms with van der Waals surface area (Å²) < 4.78 is 32.2. The molecule has 25 heavy (non-hydrogen) atoms. The molecule has 0 spiro atoms. The van der Waals surface area contributed by atoms with Gasteiger partial charge in [0.15, 0.2) is 6.61 Å². The molecule has 1 amide bonds. The average Bonchev–Trinajstić information content (AvgIpc) is 2.59. The van der Waals surface area contributed by atoms with E-state index in [1.165, 1.54) is 43.5 Å². The molecule has 0 heterocycles. The summed E-state index contributed by atoms with van der Waals surface area (Å²) in [7, 11) is -2.33. The minimum atomic E-state index is -3.80. The molecule has 3 N–H and O–H groups in total. The Bertz CT molecular complexity index is 878. The minimum absolute atomic E-state index is 0.0741. The van der Waals surface area contributed by atoms with E-state index in [2.05, 4.69) is 5.32 Å². The predicted molar refractivity (Wildman–Crippen MR) is 89.7 cm³/mol. The number of benzene rings is 2. The van der Waals surface area contributed by atoms with E-state index < -0.39 is 28.5 Å². The summed E-state index contributed by atoms with van der Waals surface area (Å²) in [6.45, 7) is -0.493. The lowest BCUT2D eigenvalue weighted by molar-refractivity contribution is -0.119. The zero-order valence-corrected chi connectivity index (χ0v) is 14.1. The zero-order valence-electron chi connectivity index (χ0n) is 13.3. The van der Waals surface area contributed by atoms with Crippen LogP contribution in [-0.2, 0) is 19.6 Å². The van der Waals surface area contributed by atoms with Crippen LogP contribution in [-0.4, -0.2) is 34.0 Å². The Kier molecular flexibility index (Phi) is 5.73. The molecule has 0 aliphatic carbocycles. The first-order valence-corrected chi connectivity index (χ1v) is 8.58. The Morgan fingerprint density at radius 3 is 2.40 bits per heavy atom. The third-order valence-electron chi connectivity index (χ3n) is 3.11. The summed E-state index contributed by atoms with van der Waals surface area (Å²) in [4.78, 5) is 23.6. The number of ether oxygens (including phenoxy) is 2. The van der Waals surface area contributed by atoms with Gasteiger partial charge in [0.1, 0.15) is 5.75 Å². The average molecular weight is 364 g/mol. The number of hydrogen-bond acceptors (Lipinski definition) is 6. The van der Waals surface area contributed by atoms with Gasteiger partial charge in [0.2, 0.25) is 10.0 Å². The second-order valence-corrected chi connectivity index (χ2v) is 6.49. The van der Waals surface area contributed by atoms with Gasteiger partial charge in [-0.1, -0.05) is 6.07 Å². The lowest BCUT2D eigenvalue weighted by Crippen LogP contribution is -2.21. The van der Waals surface area contributed by atoms with Gasteiger partial charge < -0.3 is 14.8 Å². The lowest BCUT2D eigenvalue weighted by Gasteiger charge is -2.08. The number of primary sulfonamides is 1. The van der Waals surface area contributed by atoms with E-state index in [9.17, 15) is 18.0 Å². The van der Waals surface area contributed by atoms with Crippen molar-refractivity contribution in [1.82, 2.24) is 0 Å². The third kappa shape index (κ3) is 5.30. The molecule has 2 rings (SSSR count). The van der Waals surface area contributed by atoms with E-state index in [0.717, 1.165) is 0 Å². The zero-order chi connectivity index (χ0) is 18.4. The Balaban J connectivity index is 1.91. The maximum atomic E-state index is 11.9. The van der Waals surface area contributed by atoms with E-state index in [0.29, 0.717) is 11.4 Å². The van der Waals surface area contributed by atoms with Crippen LogP contribution in [0.15, 0.2) is 53.4 Å². The van der Waals surface area contributed by atoms with Crippen LogP contribution < -0.4 is 15.2 Å². The molecule has 0 aromatic heterocycles. The van der Waals surface area contributed by atoms with Crippen molar-refractivity contribution in [2.24, 2.45) is 5.14 Å². The fraction of sp³-hybridized carbons (Fsp3) is 0.125. The Labute approximate surface area is 144 Å². The standard InChI is InChI=1S/C16H16N2O6S/c1-23-13-4-2-3-11(9-13)16(20)24-10-15(19)18-12-5-7-14(8-6-12)25(17,21)22/h2-9H,10H2,1H3,(H,18,19)(H2,17,21,22). The molecule has 0 saturated carbocycles. The van der Waals surface area contributed by atoms with Gasteiger partial charge in [0.05, 0.1) is 17.6 Å². The van der Waals surface area contributed by atoms with Gasteiger partial charge in [-0.05, 0) is 42.5 Å². The van der Waals surface area contributed by atoms with E-state index in [-0.39, 0.29) is 10.5 Å². The largest absolute Gasteiger partial charge is 0.497 e. The number of methoxy groups -OCH3 is 1. The molecule has 132 valence electrons. The van der Waals surface area contributed by atoms with Crippen molar-refractivity contribution in [3.8, 4) is 5.75 Å². The second-order valence-electron chi connectivity index (χ2n) is 4.93. The summed E-state index contributed by atoms with van der Waals surface area (Å²) in [5.41, 5.74) is 0.597. The predicted octanol–water partition coefficient (Wildman–Crippen LogP) is 1.14. The number of nitrogens with two attached hydrogens (primary N) is 1. The van der Waals surface area contributed by atoms with Crippen LogP contribution in [0.1, 0.15) is 10.4 Å². The molecule has 0 radical (unpaired) electrons. The number of hydrogen-bond donors (Lipinski definition) is 2. The number of carbonyl (C=O) groups is 2. The smallest absolute Gasteiger partial charge is 0.338 e. The molecule has 0 fully saturated rings. The maximum absolute atomic E-state index is 11.9. The fourth-order valence-corrected chi connectivity index (χ4v) is 2.40. The first-order valence-electron chi connectivity index (χ1n) is 7.03. The van der Waals surface area contributed by atoms with Crippen LogP contribution in [0.4, 0.5) is 5.69 Å². The van der Waals surface area contributed by atoms with Crippen LogP contribution in [0, 0.1) is 0 Å². The Hall–Kier alpha value is -2.91. The highest BCUT2D eigenvalue weighted by molar-refractivity contribution is 7.89. The molecule has 0 saturated heterocycles. The molecule has 0 bridgehead atoms. The van der Waals surface area contributed by atoms with E-state index in [1.54, 1.807) is 12.1 Å². The van der Waals surface area contributed by atoms with E-state index in [4.69, 9.17) is 14.6 Å². The number of sulfonamides is 1. The summed E-state index contributed by atoms with van der Waals surface area (Å²) in [6, 6.07) is 11.6. The van der Waals surface area contributed by atoms with Gasteiger partial charge in [0.25, 0.3) is 5.91 Å². The van der Waals surface area contributed by atoms with Crippen LogP contribution in [0.2, 0.25) is 0 Å². The first-order chi connectivity index (χ1) is 11.8. The molecular formula is C16H16N2O6S. The van der Waals surface area contributed by atoms with Crippen LogP contribution in [0.5, 0.6) is 5.75 Å². The van der Waals surface area contributed by atoms with Gasteiger partial charge in [-0.25, -0.2) is 18.4 Å². The highest BCUT2D eigenvalue weighted by Gasteiger charge is 2.12. The van der Waals surface area contributed by atoms with Gasteiger partial charge >= 0.3 is 5.97 Å². The van der Waals surface area contributed by atoms with Gasteiger partial charge in [-0.2, -0.15) is 0 Å². The molecule has 0 aliphatic heterocycles. The maximum Gasteiger partial charge on any atom is 0.338 e. The topological polar surface area (TPSA) is 125 Å². The van der Waals surface area contributed by atoms with E-state index >= 15 is 0 Å². The van der Waals surface area contributed by atoms with Gasteiger partial charge in [-0.15, -0.1) is 0 Å². The van der Waals surface area contributed by atoms with Crippen LogP contribution in [0.25, 0.3) is 0 Å². The SMILES string of the molecule is COc1cccc(C(=O)OCC(=O)Nc2ccc(S(N)(=O)=O)cc2)c1. The van der Waals surface area contributed by atoms with Crippen LogP contribution in [0.3, 0.4) is 0 Å². The normalized spacial score (nSPS) is 10.8. The third-order valence-corrected chi connectivity index (χ3v) is 4.04. The number of amides is 1. The number of anilines is 1. The number of esters is 1. The highest BCUT2D eigenvalue weighted by Crippen LogP contribution is 2.14. The van der Waals surface area contributed by atoms with Crippen molar-refractivity contribution in [3.05, 3.63) is 54.1 Å². The van der Waals surface area contributed by atoms with Crippen molar-refractivity contribution in [3.63, 3.8) is 0 Å². The molecule has 0 unspecified atom stereocenters. The minimum Gasteiger partial charge on any atom is -0.497 e. The van der Waals surface area contributed by atoms with Crippen LogP contribution >= 0.6 is 0 Å². The summed E-state index contributed by atoms with van der Waals surface area (Å²) in [5.74, 6) is -0.743. The van der Waals surface area contributed by atoms with Crippen molar-refractivity contribution in [2.45, 2.75) is 4.90 Å². The molecule has 2 aromatic rings. The monoisotopic (exact) mass is 364 g/mol. The molecular weight excluding hydrogens is 348 g/mol. The molecule has 8 nitrogen and oxygen atoms in total. The number of rotatable bonds is 6. The molecule has 9 heteroatoms. The molecule has 0 aliphatic rings. The summed E-state index contributed by atoms with van der Waals surface area (Å²) >= 11 is 0. The second kappa shape index (κ2) is 7.77. The fourth-order valence-electron chi connectivity index (χ4n) is 1.89. The van der Waals surface area contributed by atoms with Gasteiger partial charge in [-0.3, -0.25) is 4.79 Å². The lowest BCUT2D eigenvalue weighted by atomic mass is 10.2. The molecule has 0 atom stereocenters. The summed E-state index contributed by atoms with van der Waals surface area (Å²) in [6.07, 6.45) is 0. The van der Waals surface area contributed by atoms with E-state index in [1.807, 2.05) is 0 Å². The van der Waals surface area contributed by atoms with Gasteiger partial charge in [0, 0.05) is 5.69 Å². The Morgan fingerprint density at radius 2 is 1.80 bits per heavy atom. The highest BCUT2D eigenvalue weighted by atomic mass is 32.2. The van der Waals surface area contributed by atoms with Crippen molar-refractivity contribution >= 4 is 27.6 Å².